The van der Waals surface area contributed by atoms with E-state index in [1.165, 1.54) is 0 Å². The van der Waals surface area contributed by atoms with E-state index in [2.05, 4.69) is 15.1 Å². The molecule has 8 nitrogen and oxygen atoms in total. The molecule has 2 fully saturated rings. The van der Waals surface area contributed by atoms with Gasteiger partial charge in [-0.1, -0.05) is 5.16 Å². The molecule has 0 N–H and O–H groups in total. The Morgan fingerprint density at radius 2 is 1.81 bits per heavy atom. The highest BCUT2D eigenvalue weighted by Crippen LogP contribution is 2.43. The molecule has 2 aliphatic rings. The quantitative estimate of drug-likeness (QED) is 0.622. The van der Waals surface area contributed by atoms with E-state index in [0.29, 0.717) is 28.8 Å². The van der Waals surface area contributed by atoms with Crippen molar-refractivity contribution in [1.82, 2.24) is 20.0 Å². The van der Waals surface area contributed by atoms with Crippen LogP contribution in [0.4, 0.5) is 0 Å². The summed E-state index contributed by atoms with van der Waals surface area (Å²) in [5.74, 6) is 2.59. The Labute approximate surface area is 180 Å². The molecule has 3 aromatic rings. The highest BCUT2D eigenvalue weighted by molar-refractivity contribution is 5.95. The number of ether oxygens (including phenoxy) is 2. The lowest BCUT2D eigenvalue weighted by molar-refractivity contribution is 0.0554. The molecule has 1 aromatic carbocycles. The summed E-state index contributed by atoms with van der Waals surface area (Å²) >= 11 is 0. The van der Waals surface area contributed by atoms with Gasteiger partial charge in [-0.15, -0.1) is 0 Å². The van der Waals surface area contributed by atoms with Gasteiger partial charge in [0, 0.05) is 47.6 Å². The van der Waals surface area contributed by atoms with Crippen molar-refractivity contribution in [3.05, 3.63) is 54.2 Å². The van der Waals surface area contributed by atoms with Crippen LogP contribution in [0.1, 0.15) is 47.8 Å². The summed E-state index contributed by atoms with van der Waals surface area (Å²) in [6.45, 7) is 0. The molecule has 5 rings (SSSR count). The molecule has 2 unspecified atom stereocenters. The van der Waals surface area contributed by atoms with E-state index >= 15 is 0 Å². The summed E-state index contributed by atoms with van der Waals surface area (Å²) in [4.78, 5) is 24.2. The molecule has 1 amide bonds. The Kier molecular flexibility index (Phi) is 5.05. The molecular weight excluding hydrogens is 396 g/mol. The zero-order valence-corrected chi connectivity index (χ0v) is 17.5. The number of rotatable bonds is 5. The molecule has 2 aliphatic heterocycles. The molecule has 4 heterocycles. The average Bonchev–Trinajstić information content (AvgIpc) is 3.41. The average molecular weight is 420 g/mol. The predicted molar refractivity (Wildman–Crippen MR) is 112 cm³/mol. The molecule has 2 atom stereocenters. The van der Waals surface area contributed by atoms with E-state index in [-0.39, 0.29) is 23.9 Å². The number of amides is 1. The van der Waals surface area contributed by atoms with E-state index in [1.807, 2.05) is 17.0 Å². The lowest BCUT2D eigenvalue weighted by Gasteiger charge is -2.38. The third-order valence-electron chi connectivity index (χ3n) is 6.28. The number of carbonyl (C=O) groups is 1. The summed E-state index contributed by atoms with van der Waals surface area (Å²) in [6, 6.07) is 9.39. The fourth-order valence-electron chi connectivity index (χ4n) is 4.80. The third-order valence-corrected chi connectivity index (χ3v) is 6.28. The largest absolute Gasteiger partial charge is 0.497 e. The van der Waals surface area contributed by atoms with E-state index < -0.39 is 0 Å². The number of piperidine rings is 1. The summed E-state index contributed by atoms with van der Waals surface area (Å²) in [5, 5.41) is 4.14. The van der Waals surface area contributed by atoms with Gasteiger partial charge in [-0.05, 0) is 49.9 Å². The van der Waals surface area contributed by atoms with E-state index in [0.717, 1.165) is 31.2 Å². The number of pyridine rings is 1. The minimum Gasteiger partial charge on any atom is -0.497 e. The fourth-order valence-corrected chi connectivity index (χ4v) is 4.80. The second kappa shape index (κ2) is 8.02. The number of nitrogens with zero attached hydrogens (tertiary/aromatic N) is 4. The molecule has 160 valence electrons. The molecule has 31 heavy (non-hydrogen) atoms. The van der Waals surface area contributed by atoms with Gasteiger partial charge < -0.3 is 18.9 Å². The van der Waals surface area contributed by atoms with Crippen molar-refractivity contribution < 1.29 is 18.8 Å². The van der Waals surface area contributed by atoms with Gasteiger partial charge in [-0.3, -0.25) is 9.78 Å². The maximum absolute atomic E-state index is 13.4. The SMILES string of the molecule is COc1cc(OC)cc(C(=O)N2C3CCC2CC(c2nc(-c4cccnc4)no2)C3)c1. The van der Waals surface area contributed by atoms with Gasteiger partial charge in [0.15, 0.2) is 0 Å². The van der Waals surface area contributed by atoms with Crippen molar-refractivity contribution in [3.8, 4) is 22.9 Å². The molecular formula is C23H24N4O4. The normalized spacial score (nSPS) is 22.4. The van der Waals surface area contributed by atoms with Gasteiger partial charge in [-0.2, -0.15) is 4.98 Å². The zero-order valence-electron chi connectivity index (χ0n) is 17.5. The highest BCUT2D eigenvalue weighted by atomic mass is 16.5. The van der Waals surface area contributed by atoms with Crippen LogP contribution in [0, 0.1) is 0 Å². The number of benzene rings is 1. The molecule has 0 aliphatic carbocycles. The van der Waals surface area contributed by atoms with Gasteiger partial charge >= 0.3 is 0 Å². The Morgan fingerprint density at radius 3 is 2.42 bits per heavy atom. The van der Waals surface area contributed by atoms with Gasteiger partial charge in [-0.25, -0.2) is 0 Å². The second-order valence-electron chi connectivity index (χ2n) is 8.07. The van der Waals surface area contributed by atoms with E-state index in [9.17, 15) is 4.79 Å². The molecule has 8 heteroatoms. The maximum atomic E-state index is 13.4. The second-order valence-corrected chi connectivity index (χ2v) is 8.07. The number of methoxy groups -OCH3 is 2. The van der Waals surface area contributed by atoms with Crippen LogP contribution in [0.3, 0.4) is 0 Å². The minimum atomic E-state index is 0.0183. The molecule has 2 saturated heterocycles. The fraction of sp³-hybridized carbons (Fsp3) is 0.391. The first-order valence-electron chi connectivity index (χ1n) is 10.5. The van der Waals surface area contributed by atoms with Crippen LogP contribution < -0.4 is 9.47 Å². The standard InChI is InChI=1S/C23H24N4O4/c1-29-19-10-16(11-20(12-19)30-2)23(28)27-17-5-6-18(27)9-15(8-17)22-25-21(26-31-22)14-4-3-7-24-13-14/h3-4,7,10-13,15,17-18H,5-6,8-9H2,1-2H3. The Hall–Kier alpha value is -3.42. The predicted octanol–water partition coefficient (Wildman–Crippen LogP) is 3.70. The van der Waals surface area contributed by atoms with Gasteiger partial charge in [0.25, 0.3) is 5.91 Å². The first-order chi connectivity index (χ1) is 15.2. The molecule has 2 aromatic heterocycles. The third kappa shape index (κ3) is 3.62. The van der Waals surface area contributed by atoms with Gasteiger partial charge in [0.2, 0.25) is 11.7 Å². The summed E-state index contributed by atoms with van der Waals surface area (Å²) < 4.78 is 16.3. The summed E-state index contributed by atoms with van der Waals surface area (Å²) in [7, 11) is 3.17. The zero-order chi connectivity index (χ0) is 21.4. The van der Waals surface area contributed by atoms with Gasteiger partial charge in [0.1, 0.15) is 11.5 Å². The maximum Gasteiger partial charge on any atom is 0.254 e. The molecule has 0 spiro atoms. The van der Waals surface area contributed by atoms with Crippen LogP contribution >= 0.6 is 0 Å². The van der Waals surface area contributed by atoms with E-state index in [1.54, 1.807) is 44.8 Å². The van der Waals surface area contributed by atoms with Crippen LogP contribution in [-0.2, 0) is 0 Å². The van der Waals surface area contributed by atoms with Crippen LogP contribution in [-0.4, -0.2) is 52.2 Å². The van der Waals surface area contributed by atoms with Crippen LogP contribution in [0.2, 0.25) is 0 Å². The molecule has 0 saturated carbocycles. The topological polar surface area (TPSA) is 90.6 Å². The number of carbonyl (C=O) groups excluding carboxylic acids is 1. The van der Waals surface area contributed by atoms with Crippen molar-refractivity contribution in [3.63, 3.8) is 0 Å². The summed E-state index contributed by atoms with van der Waals surface area (Å²) in [5.41, 5.74) is 1.42. The molecule has 2 bridgehead atoms. The van der Waals surface area contributed by atoms with E-state index in [4.69, 9.17) is 14.0 Å². The van der Waals surface area contributed by atoms with Crippen molar-refractivity contribution in [1.29, 1.82) is 0 Å². The first-order valence-corrected chi connectivity index (χ1v) is 10.5. The Morgan fingerprint density at radius 1 is 1.10 bits per heavy atom. The van der Waals surface area contributed by atoms with Crippen LogP contribution in [0.15, 0.2) is 47.2 Å². The van der Waals surface area contributed by atoms with Crippen molar-refractivity contribution in [2.24, 2.45) is 0 Å². The number of fused-ring (bicyclic) bond motifs is 2. The highest BCUT2D eigenvalue weighted by Gasteiger charge is 2.45. The minimum absolute atomic E-state index is 0.0183. The first kappa shape index (κ1) is 19.5. The number of hydrogen-bond donors (Lipinski definition) is 0. The Bertz CT molecular complexity index is 1050. The monoisotopic (exact) mass is 420 g/mol. The lowest BCUT2D eigenvalue weighted by Crippen LogP contribution is -2.46. The van der Waals surface area contributed by atoms with Crippen LogP contribution in [0.5, 0.6) is 11.5 Å². The van der Waals surface area contributed by atoms with Gasteiger partial charge in [0.05, 0.1) is 14.2 Å². The lowest BCUT2D eigenvalue weighted by atomic mass is 9.90. The summed E-state index contributed by atoms with van der Waals surface area (Å²) in [6.07, 6.45) is 7.04. The van der Waals surface area contributed by atoms with Crippen molar-refractivity contribution in [2.45, 2.75) is 43.7 Å². The van der Waals surface area contributed by atoms with Crippen molar-refractivity contribution >= 4 is 5.91 Å². The smallest absolute Gasteiger partial charge is 0.254 e. The number of aromatic nitrogens is 3. The van der Waals surface area contributed by atoms with Crippen molar-refractivity contribution in [2.75, 3.05) is 14.2 Å². The van der Waals surface area contributed by atoms with Crippen LogP contribution in [0.25, 0.3) is 11.4 Å². The Balaban J connectivity index is 1.35. The number of hydrogen-bond acceptors (Lipinski definition) is 7. The molecule has 0 radical (unpaired) electrons.